The Morgan fingerprint density at radius 3 is 2.62 bits per heavy atom. The van der Waals surface area contributed by atoms with Gasteiger partial charge in [-0.05, 0) is 30.5 Å². The fourth-order valence-electron chi connectivity index (χ4n) is 3.17. The first-order valence-electron chi connectivity index (χ1n) is 8.58. The van der Waals surface area contributed by atoms with Gasteiger partial charge in [0.1, 0.15) is 11.6 Å². The Labute approximate surface area is 153 Å². The van der Waals surface area contributed by atoms with Gasteiger partial charge in [0.2, 0.25) is 0 Å². The summed E-state index contributed by atoms with van der Waals surface area (Å²) in [5.74, 6) is 1.02. The third-order valence-electron chi connectivity index (χ3n) is 4.95. The van der Waals surface area contributed by atoms with Crippen LogP contribution in [-0.2, 0) is 22.0 Å². The van der Waals surface area contributed by atoms with E-state index in [2.05, 4.69) is 4.98 Å². The van der Waals surface area contributed by atoms with Crippen molar-refractivity contribution in [2.24, 2.45) is 0 Å². The van der Waals surface area contributed by atoms with Gasteiger partial charge in [-0.15, -0.1) is 0 Å². The molecule has 1 aliphatic rings. The molecule has 142 valence electrons. The zero-order chi connectivity index (χ0) is 18.9. The third kappa shape index (κ3) is 3.82. The van der Waals surface area contributed by atoms with Crippen LogP contribution >= 0.6 is 0 Å². The highest BCUT2D eigenvalue weighted by Gasteiger charge is 2.39. The maximum absolute atomic E-state index is 13.3. The van der Waals surface area contributed by atoms with E-state index >= 15 is 0 Å². The molecular formula is C18H24FN3O3S. The Hall–Kier alpha value is -1.77. The van der Waals surface area contributed by atoms with E-state index < -0.39 is 10.2 Å². The number of benzene rings is 1. The molecule has 0 saturated carbocycles. The van der Waals surface area contributed by atoms with Gasteiger partial charge in [0, 0.05) is 39.0 Å². The highest BCUT2D eigenvalue weighted by atomic mass is 32.2. The van der Waals surface area contributed by atoms with Gasteiger partial charge in [-0.1, -0.05) is 19.1 Å². The smallest absolute Gasteiger partial charge is 0.281 e. The second-order valence-electron chi connectivity index (χ2n) is 7.19. The predicted molar refractivity (Wildman–Crippen MR) is 96.5 cm³/mol. The molecule has 1 saturated heterocycles. The molecule has 0 radical (unpaired) electrons. The molecule has 8 heteroatoms. The van der Waals surface area contributed by atoms with Crippen molar-refractivity contribution in [1.82, 2.24) is 13.6 Å². The van der Waals surface area contributed by atoms with Crippen LogP contribution in [-0.4, -0.2) is 49.2 Å². The monoisotopic (exact) mass is 381 g/mol. The van der Waals surface area contributed by atoms with Crippen LogP contribution in [0.25, 0.3) is 0 Å². The van der Waals surface area contributed by atoms with Crippen LogP contribution in [0.15, 0.2) is 34.9 Å². The van der Waals surface area contributed by atoms with Crippen molar-refractivity contribution in [3.05, 3.63) is 53.5 Å². The van der Waals surface area contributed by atoms with Crippen molar-refractivity contribution in [3.8, 4) is 0 Å². The van der Waals surface area contributed by atoms with Crippen LogP contribution in [0.1, 0.15) is 37.0 Å². The fourth-order valence-corrected chi connectivity index (χ4v) is 4.28. The number of aromatic nitrogens is 1. The van der Waals surface area contributed by atoms with Crippen molar-refractivity contribution >= 4 is 10.2 Å². The lowest BCUT2D eigenvalue weighted by Crippen LogP contribution is -2.47. The minimum absolute atomic E-state index is 0.274. The molecule has 1 aliphatic heterocycles. The largest absolute Gasteiger partial charge is 0.445 e. The lowest BCUT2D eigenvalue weighted by Gasteiger charge is -2.37. The quantitative estimate of drug-likeness (QED) is 0.798. The van der Waals surface area contributed by atoms with E-state index in [0.717, 1.165) is 5.56 Å². The molecule has 1 aromatic heterocycles. The Morgan fingerprint density at radius 1 is 1.31 bits per heavy atom. The maximum atomic E-state index is 13.3. The summed E-state index contributed by atoms with van der Waals surface area (Å²) >= 11 is 0. The van der Waals surface area contributed by atoms with Crippen molar-refractivity contribution < 1.29 is 17.2 Å². The Kier molecular flexibility index (Phi) is 5.18. The van der Waals surface area contributed by atoms with Crippen molar-refractivity contribution in [3.63, 3.8) is 0 Å². The number of piperidine rings is 1. The van der Waals surface area contributed by atoms with Gasteiger partial charge in [0.15, 0.2) is 5.89 Å². The summed E-state index contributed by atoms with van der Waals surface area (Å²) in [6.45, 7) is 2.90. The van der Waals surface area contributed by atoms with E-state index in [0.29, 0.717) is 44.0 Å². The van der Waals surface area contributed by atoms with E-state index in [9.17, 15) is 12.8 Å². The highest BCUT2D eigenvalue weighted by molar-refractivity contribution is 7.86. The molecule has 0 atom stereocenters. The number of hydrogen-bond donors (Lipinski definition) is 0. The van der Waals surface area contributed by atoms with E-state index in [1.165, 1.54) is 34.8 Å². The van der Waals surface area contributed by atoms with Crippen LogP contribution in [0.4, 0.5) is 4.39 Å². The molecule has 0 amide bonds. The normalized spacial score (nSPS) is 18.3. The third-order valence-corrected chi connectivity index (χ3v) is 6.89. The zero-order valence-electron chi connectivity index (χ0n) is 15.3. The van der Waals surface area contributed by atoms with E-state index in [1.54, 1.807) is 12.3 Å². The summed E-state index contributed by atoms with van der Waals surface area (Å²) in [6.07, 6.45) is 3.43. The number of nitrogens with zero attached hydrogens (tertiary/aromatic N) is 3. The molecule has 0 spiro atoms. The average Bonchev–Trinajstić information content (AvgIpc) is 3.04. The second kappa shape index (κ2) is 7.09. The predicted octanol–water partition coefficient (Wildman–Crippen LogP) is 2.56. The molecular weight excluding hydrogens is 357 g/mol. The summed E-state index contributed by atoms with van der Waals surface area (Å²) in [6, 6.07) is 6.40. The summed E-state index contributed by atoms with van der Waals surface area (Å²) < 4.78 is 46.5. The standard InChI is InChI=1S/C18H24FN3O3S/c1-18(7-9-22(10-8-18)26(23,24)21(2)3)17-20-13-16(25-17)12-14-5-4-6-15(19)11-14/h4-6,11,13H,7-10,12H2,1-3H3. The molecule has 0 N–H and O–H groups in total. The molecule has 0 unspecified atom stereocenters. The lowest BCUT2D eigenvalue weighted by molar-refractivity contribution is 0.204. The zero-order valence-corrected chi connectivity index (χ0v) is 16.1. The van der Waals surface area contributed by atoms with Gasteiger partial charge in [-0.2, -0.15) is 17.0 Å². The van der Waals surface area contributed by atoms with Crippen LogP contribution < -0.4 is 0 Å². The Bertz CT molecular complexity index is 871. The molecule has 2 aromatic rings. The second-order valence-corrected chi connectivity index (χ2v) is 9.33. The van der Waals surface area contributed by atoms with E-state index in [4.69, 9.17) is 4.42 Å². The highest BCUT2D eigenvalue weighted by Crippen LogP contribution is 2.35. The first-order valence-corrected chi connectivity index (χ1v) is 9.98. The van der Waals surface area contributed by atoms with Gasteiger partial charge in [0.05, 0.1) is 6.20 Å². The molecule has 2 heterocycles. The van der Waals surface area contributed by atoms with Crippen LogP contribution in [0.3, 0.4) is 0 Å². The molecule has 6 nitrogen and oxygen atoms in total. The summed E-state index contributed by atoms with van der Waals surface area (Å²) in [7, 11) is -0.317. The van der Waals surface area contributed by atoms with Crippen molar-refractivity contribution in [2.45, 2.75) is 31.6 Å². The van der Waals surface area contributed by atoms with Gasteiger partial charge in [-0.3, -0.25) is 0 Å². The van der Waals surface area contributed by atoms with Crippen molar-refractivity contribution in [1.29, 1.82) is 0 Å². The van der Waals surface area contributed by atoms with E-state index in [-0.39, 0.29) is 11.2 Å². The minimum atomic E-state index is -3.39. The fraction of sp³-hybridized carbons (Fsp3) is 0.500. The molecule has 26 heavy (non-hydrogen) atoms. The SMILES string of the molecule is CN(C)S(=O)(=O)N1CCC(C)(c2ncc(Cc3cccc(F)c3)o2)CC1. The van der Waals surface area contributed by atoms with Crippen LogP contribution in [0.5, 0.6) is 0 Å². The molecule has 1 fully saturated rings. The Balaban J connectivity index is 1.70. The summed E-state index contributed by atoms with van der Waals surface area (Å²) in [5.41, 5.74) is 0.517. The minimum Gasteiger partial charge on any atom is -0.445 e. The number of halogens is 1. The molecule has 3 rings (SSSR count). The topological polar surface area (TPSA) is 66.7 Å². The van der Waals surface area contributed by atoms with E-state index in [1.807, 2.05) is 13.0 Å². The number of rotatable bonds is 5. The Morgan fingerprint density at radius 2 is 2.00 bits per heavy atom. The lowest BCUT2D eigenvalue weighted by atomic mass is 9.81. The van der Waals surface area contributed by atoms with Crippen molar-refractivity contribution in [2.75, 3.05) is 27.2 Å². The van der Waals surface area contributed by atoms with Crippen LogP contribution in [0.2, 0.25) is 0 Å². The van der Waals surface area contributed by atoms with Gasteiger partial charge >= 0.3 is 0 Å². The summed E-state index contributed by atoms with van der Waals surface area (Å²) in [5, 5.41) is 0. The van der Waals surface area contributed by atoms with Gasteiger partial charge in [0.25, 0.3) is 10.2 Å². The number of oxazole rings is 1. The summed E-state index contributed by atoms with van der Waals surface area (Å²) in [4.78, 5) is 4.41. The molecule has 1 aromatic carbocycles. The van der Waals surface area contributed by atoms with Gasteiger partial charge < -0.3 is 4.42 Å². The first kappa shape index (κ1) is 19.0. The molecule has 0 aliphatic carbocycles. The maximum Gasteiger partial charge on any atom is 0.281 e. The van der Waals surface area contributed by atoms with Crippen LogP contribution in [0, 0.1) is 5.82 Å². The average molecular weight is 381 g/mol. The molecule has 0 bridgehead atoms. The first-order chi connectivity index (χ1) is 12.2. The number of hydrogen-bond acceptors (Lipinski definition) is 4. The van der Waals surface area contributed by atoms with Gasteiger partial charge in [-0.25, -0.2) is 9.37 Å².